The molecule has 0 saturated carbocycles. The lowest BCUT2D eigenvalue weighted by atomic mass is 10.2. The van der Waals surface area contributed by atoms with Crippen LogP contribution in [-0.2, 0) is 6.42 Å². The number of nitrogens with one attached hydrogen (secondary N) is 2. The number of imidazole rings is 1. The highest BCUT2D eigenvalue weighted by atomic mass is 14.9. The van der Waals surface area contributed by atoms with Gasteiger partial charge in [-0.3, -0.25) is 0 Å². The number of hydrogen-bond donors (Lipinski definition) is 2. The summed E-state index contributed by atoms with van der Waals surface area (Å²) in [6, 6.07) is 0. The van der Waals surface area contributed by atoms with Crippen LogP contribution in [0.1, 0.15) is 38.3 Å². The number of aryl methyl sites for hydroxylation is 1. The van der Waals surface area contributed by atoms with Crippen molar-refractivity contribution in [3.63, 3.8) is 0 Å². The molecule has 2 N–H and O–H groups in total. The van der Waals surface area contributed by atoms with Crippen LogP contribution in [0.4, 0.5) is 0 Å². The second-order valence-corrected chi connectivity index (χ2v) is 3.64. The van der Waals surface area contributed by atoms with Crippen LogP contribution < -0.4 is 5.32 Å². The molecule has 0 spiro atoms. The minimum atomic E-state index is 1.12. The molecule has 0 aromatic carbocycles. The Morgan fingerprint density at radius 3 is 2.86 bits per heavy atom. The summed E-state index contributed by atoms with van der Waals surface area (Å²) >= 11 is 0. The first-order valence-electron chi connectivity index (χ1n) is 5.61. The Hall–Kier alpha value is -0.830. The second kappa shape index (κ2) is 7.56. The van der Waals surface area contributed by atoms with E-state index >= 15 is 0 Å². The van der Waals surface area contributed by atoms with Crippen LogP contribution in [-0.4, -0.2) is 23.1 Å². The number of H-pyrrole nitrogens is 1. The Morgan fingerprint density at radius 1 is 1.29 bits per heavy atom. The fourth-order valence-electron chi connectivity index (χ4n) is 1.41. The fourth-order valence-corrected chi connectivity index (χ4v) is 1.41. The maximum Gasteiger partial charge on any atom is 0.0921 e. The predicted molar refractivity (Wildman–Crippen MR) is 59.3 cm³/mol. The minimum Gasteiger partial charge on any atom is -0.348 e. The van der Waals surface area contributed by atoms with Gasteiger partial charge in [0.1, 0.15) is 0 Å². The largest absolute Gasteiger partial charge is 0.348 e. The molecule has 0 aliphatic rings. The molecule has 0 aliphatic heterocycles. The van der Waals surface area contributed by atoms with E-state index < -0.39 is 0 Å². The van der Waals surface area contributed by atoms with Crippen LogP contribution in [0.15, 0.2) is 12.5 Å². The van der Waals surface area contributed by atoms with Gasteiger partial charge in [-0.05, 0) is 38.8 Å². The minimum absolute atomic E-state index is 1.12. The van der Waals surface area contributed by atoms with Gasteiger partial charge in [0, 0.05) is 11.9 Å². The first-order valence-corrected chi connectivity index (χ1v) is 5.61. The highest BCUT2D eigenvalue weighted by molar-refractivity contribution is 4.93. The quantitative estimate of drug-likeness (QED) is 0.624. The van der Waals surface area contributed by atoms with Gasteiger partial charge in [0.25, 0.3) is 0 Å². The van der Waals surface area contributed by atoms with Crippen molar-refractivity contribution in [3.05, 3.63) is 18.2 Å². The Kier molecular flexibility index (Phi) is 6.07. The van der Waals surface area contributed by atoms with Crippen LogP contribution >= 0.6 is 0 Å². The highest BCUT2D eigenvalue weighted by Crippen LogP contribution is 1.99. The zero-order chi connectivity index (χ0) is 10.1. The number of nitrogens with zero attached hydrogens (tertiary/aromatic N) is 1. The molecule has 0 fully saturated rings. The molecule has 3 nitrogen and oxygen atoms in total. The molecule has 0 aliphatic carbocycles. The zero-order valence-corrected chi connectivity index (χ0v) is 9.05. The summed E-state index contributed by atoms with van der Waals surface area (Å²) in [5, 5.41) is 3.44. The van der Waals surface area contributed by atoms with Crippen molar-refractivity contribution in [2.75, 3.05) is 13.1 Å². The van der Waals surface area contributed by atoms with E-state index in [-0.39, 0.29) is 0 Å². The lowest BCUT2D eigenvalue weighted by Crippen LogP contribution is -2.16. The van der Waals surface area contributed by atoms with Gasteiger partial charge in [0.05, 0.1) is 6.33 Å². The Bertz CT molecular complexity index is 206. The van der Waals surface area contributed by atoms with Crippen LogP contribution in [0.5, 0.6) is 0 Å². The van der Waals surface area contributed by atoms with Crippen molar-refractivity contribution >= 4 is 0 Å². The van der Waals surface area contributed by atoms with Gasteiger partial charge >= 0.3 is 0 Å². The van der Waals surface area contributed by atoms with Crippen molar-refractivity contribution in [2.24, 2.45) is 0 Å². The molecule has 14 heavy (non-hydrogen) atoms. The Morgan fingerprint density at radius 2 is 2.14 bits per heavy atom. The highest BCUT2D eigenvalue weighted by Gasteiger charge is 1.93. The van der Waals surface area contributed by atoms with Crippen molar-refractivity contribution < 1.29 is 0 Å². The molecule has 0 amide bonds. The third-order valence-corrected chi connectivity index (χ3v) is 2.31. The topological polar surface area (TPSA) is 40.7 Å². The van der Waals surface area contributed by atoms with Crippen LogP contribution in [0, 0.1) is 0 Å². The molecule has 1 rings (SSSR count). The standard InChI is InChI=1S/C11H21N3/c1-2-3-7-12-8-5-4-6-11-9-13-10-14-11/h9-10,12H,2-8H2,1H3,(H,13,14). The molecule has 80 valence electrons. The van der Waals surface area contributed by atoms with E-state index in [1.165, 1.54) is 37.9 Å². The van der Waals surface area contributed by atoms with E-state index in [1.54, 1.807) is 6.33 Å². The number of hydrogen-bond acceptors (Lipinski definition) is 2. The molecule has 1 heterocycles. The average Bonchev–Trinajstić information content (AvgIpc) is 2.69. The molecule has 0 atom stereocenters. The van der Waals surface area contributed by atoms with Crippen molar-refractivity contribution in [3.8, 4) is 0 Å². The first kappa shape index (κ1) is 11.2. The smallest absolute Gasteiger partial charge is 0.0921 e. The molecule has 0 bridgehead atoms. The van der Waals surface area contributed by atoms with E-state index in [2.05, 4.69) is 22.2 Å². The van der Waals surface area contributed by atoms with E-state index in [9.17, 15) is 0 Å². The summed E-state index contributed by atoms with van der Waals surface area (Å²) in [4.78, 5) is 7.11. The molecule has 1 aromatic heterocycles. The van der Waals surface area contributed by atoms with Crippen LogP contribution in [0.2, 0.25) is 0 Å². The molecule has 3 heteroatoms. The van der Waals surface area contributed by atoms with Crippen molar-refractivity contribution in [1.29, 1.82) is 0 Å². The van der Waals surface area contributed by atoms with Crippen LogP contribution in [0.3, 0.4) is 0 Å². The van der Waals surface area contributed by atoms with Gasteiger partial charge in [0.15, 0.2) is 0 Å². The van der Waals surface area contributed by atoms with Gasteiger partial charge in [-0.25, -0.2) is 4.98 Å². The third-order valence-electron chi connectivity index (χ3n) is 2.31. The summed E-state index contributed by atoms with van der Waals surface area (Å²) < 4.78 is 0. The summed E-state index contributed by atoms with van der Waals surface area (Å²) in [6.45, 7) is 4.54. The normalized spacial score (nSPS) is 10.6. The maximum atomic E-state index is 3.99. The van der Waals surface area contributed by atoms with Gasteiger partial charge in [-0.2, -0.15) is 0 Å². The Balaban J connectivity index is 1.85. The number of unbranched alkanes of at least 4 members (excludes halogenated alkanes) is 2. The lowest BCUT2D eigenvalue weighted by Gasteiger charge is -2.02. The molecular formula is C11H21N3. The van der Waals surface area contributed by atoms with E-state index in [4.69, 9.17) is 0 Å². The Labute approximate surface area is 86.3 Å². The van der Waals surface area contributed by atoms with E-state index in [0.29, 0.717) is 0 Å². The number of rotatable bonds is 8. The fraction of sp³-hybridized carbons (Fsp3) is 0.727. The van der Waals surface area contributed by atoms with Crippen LogP contribution in [0.25, 0.3) is 0 Å². The summed E-state index contributed by atoms with van der Waals surface area (Å²) in [7, 11) is 0. The van der Waals surface area contributed by atoms with Crippen molar-refractivity contribution in [2.45, 2.75) is 39.0 Å². The second-order valence-electron chi connectivity index (χ2n) is 3.64. The molecule has 0 unspecified atom stereocenters. The van der Waals surface area contributed by atoms with Crippen molar-refractivity contribution in [1.82, 2.24) is 15.3 Å². The summed E-state index contributed by atoms with van der Waals surface area (Å²) in [5.74, 6) is 0. The molecule has 0 saturated heterocycles. The van der Waals surface area contributed by atoms with E-state index in [0.717, 1.165) is 13.0 Å². The third kappa shape index (κ3) is 5.02. The summed E-state index contributed by atoms with van der Waals surface area (Å²) in [5.41, 5.74) is 1.25. The predicted octanol–water partition coefficient (Wildman–Crippen LogP) is 2.12. The zero-order valence-electron chi connectivity index (χ0n) is 9.05. The van der Waals surface area contributed by atoms with Gasteiger partial charge < -0.3 is 10.3 Å². The average molecular weight is 195 g/mol. The lowest BCUT2D eigenvalue weighted by molar-refractivity contribution is 0.598. The SMILES string of the molecule is CCCCNCCCCc1cnc[nH]1. The number of aromatic amines is 1. The van der Waals surface area contributed by atoms with Gasteiger partial charge in [-0.15, -0.1) is 0 Å². The monoisotopic (exact) mass is 195 g/mol. The van der Waals surface area contributed by atoms with E-state index in [1.807, 2.05) is 6.20 Å². The molecule has 1 aromatic rings. The number of aromatic nitrogens is 2. The van der Waals surface area contributed by atoms with Gasteiger partial charge in [0.2, 0.25) is 0 Å². The molecule has 0 radical (unpaired) electrons. The first-order chi connectivity index (χ1) is 6.93. The van der Waals surface area contributed by atoms with Gasteiger partial charge in [-0.1, -0.05) is 13.3 Å². The summed E-state index contributed by atoms with van der Waals surface area (Å²) in [6.07, 6.45) is 9.83. The molecular weight excluding hydrogens is 174 g/mol. The maximum absolute atomic E-state index is 3.99.